The lowest BCUT2D eigenvalue weighted by atomic mass is 10.1. The molecule has 5 aromatic rings. The van der Waals surface area contributed by atoms with Gasteiger partial charge in [-0.05, 0) is 72.8 Å². The number of piperazine rings is 1. The number of likely N-dealkylation sites (N-methyl/N-ethyl adjacent to an activating group) is 1. The van der Waals surface area contributed by atoms with Crippen LogP contribution in [-0.4, -0.2) is 56.2 Å². The number of rotatable bonds is 10. The van der Waals surface area contributed by atoms with Gasteiger partial charge in [0.25, 0.3) is 0 Å². The van der Waals surface area contributed by atoms with E-state index in [4.69, 9.17) is 14.2 Å². The van der Waals surface area contributed by atoms with E-state index in [1.807, 2.05) is 72.8 Å². The first-order valence-corrected chi connectivity index (χ1v) is 14.7. The van der Waals surface area contributed by atoms with Gasteiger partial charge in [0.15, 0.2) is 5.75 Å². The summed E-state index contributed by atoms with van der Waals surface area (Å²) in [6, 6.07) is 30.4. The predicted octanol–water partition coefficient (Wildman–Crippen LogP) is 7.70. The van der Waals surface area contributed by atoms with E-state index in [0.29, 0.717) is 19.0 Å². The molecule has 0 amide bonds. The van der Waals surface area contributed by atoms with E-state index >= 15 is 0 Å². The Kier molecular flexibility index (Phi) is 8.46. The van der Waals surface area contributed by atoms with Gasteiger partial charge in [-0.25, -0.2) is 4.39 Å². The number of thiophene rings is 1. The maximum Gasteiger partial charge on any atom is 0.153 e. The molecule has 6 rings (SSSR count). The lowest BCUT2D eigenvalue weighted by molar-refractivity contribution is 0.133. The van der Waals surface area contributed by atoms with Gasteiger partial charge in [0.05, 0.1) is 4.88 Å². The van der Waals surface area contributed by atoms with E-state index < -0.39 is 0 Å². The highest BCUT2D eigenvalue weighted by atomic mass is 32.1. The van der Waals surface area contributed by atoms with Gasteiger partial charge in [0.1, 0.15) is 36.3 Å². The van der Waals surface area contributed by atoms with Gasteiger partial charge in [-0.2, -0.15) is 0 Å². The molecule has 1 fully saturated rings. The second-order valence-corrected chi connectivity index (χ2v) is 11.3. The molecule has 7 heteroatoms. The SMILES string of the molecule is CN1CCN(CCOc2ccc(Oc3c(-c4ccc(F)cc4)sc4cc(OCc5ccccc5)ccc34)cc2)CC1. The Bertz CT molecular complexity index is 1560. The first kappa shape index (κ1) is 27.3. The van der Waals surface area contributed by atoms with Gasteiger partial charge >= 0.3 is 0 Å². The van der Waals surface area contributed by atoms with Crippen LogP contribution in [0.5, 0.6) is 23.0 Å². The molecule has 0 atom stereocenters. The van der Waals surface area contributed by atoms with Crippen LogP contribution in [0.25, 0.3) is 20.5 Å². The van der Waals surface area contributed by atoms with Crippen molar-refractivity contribution in [2.45, 2.75) is 6.61 Å². The maximum absolute atomic E-state index is 13.7. The summed E-state index contributed by atoms with van der Waals surface area (Å²) in [5, 5.41) is 0.980. The molecule has 0 unspecified atom stereocenters. The van der Waals surface area contributed by atoms with Gasteiger partial charge < -0.3 is 19.1 Å². The summed E-state index contributed by atoms with van der Waals surface area (Å²) in [5.41, 5.74) is 2.01. The first-order chi connectivity index (χ1) is 20.1. The molecule has 0 spiro atoms. The molecule has 41 heavy (non-hydrogen) atoms. The average molecular weight is 569 g/mol. The molecule has 0 saturated carbocycles. The highest BCUT2D eigenvalue weighted by Gasteiger charge is 2.18. The van der Waals surface area contributed by atoms with Crippen LogP contribution in [-0.2, 0) is 6.61 Å². The molecule has 2 heterocycles. The first-order valence-electron chi connectivity index (χ1n) is 13.9. The average Bonchev–Trinajstić information content (AvgIpc) is 3.36. The van der Waals surface area contributed by atoms with E-state index in [2.05, 4.69) is 16.8 Å². The van der Waals surface area contributed by atoms with Gasteiger partial charge in [0.2, 0.25) is 0 Å². The van der Waals surface area contributed by atoms with Crippen LogP contribution in [0.1, 0.15) is 5.56 Å². The highest BCUT2D eigenvalue weighted by molar-refractivity contribution is 7.22. The van der Waals surface area contributed by atoms with Gasteiger partial charge in [0, 0.05) is 42.8 Å². The van der Waals surface area contributed by atoms with E-state index in [1.165, 1.54) is 12.1 Å². The lowest BCUT2D eigenvalue weighted by Crippen LogP contribution is -2.45. The van der Waals surface area contributed by atoms with Gasteiger partial charge in [-0.1, -0.05) is 42.5 Å². The summed E-state index contributed by atoms with van der Waals surface area (Å²) >= 11 is 1.61. The number of nitrogens with zero attached hydrogens (tertiary/aromatic N) is 2. The van der Waals surface area contributed by atoms with Crippen molar-refractivity contribution in [2.75, 3.05) is 46.4 Å². The molecule has 0 radical (unpaired) electrons. The minimum absolute atomic E-state index is 0.267. The number of halogens is 1. The Hall–Kier alpha value is -3.91. The van der Waals surface area contributed by atoms with Gasteiger partial charge in [-0.3, -0.25) is 4.90 Å². The van der Waals surface area contributed by atoms with Crippen LogP contribution in [0.15, 0.2) is 97.1 Å². The molecule has 1 aliphatic heterocycles. The second-order valence-electron chi connectivity index (χ2n) is 10.3. The van der Waals surface area contributed by atoms with Crippen molar-refractivity contribution in [2.24, 2.45) is 0 Å². The van der Waals surface area contributed by atoms with Crippen molar-refractivity contribution in [3.05, 3.63) is 108 Å². The Labute approximate surface area is 244 Å². The fourth-order valence-corrected chi connectivity index (χ4v) is 6.03. The van der Waals surface area contributed by atoms with E-state index in [0.717, 1.165) is 76.1 Å². The molecule has 0 bridgehead atoms. The molecule has 0 N–H and O–H groups in total. The van der Waals surface area contributed by atoms with Crippen molar-refractivity contribution in [1.29, 1.82) is 0 Å². The fourth-order valence-electron chi connectivity index (χ4n) is 4.86. The molecule has 1 saturated heterocycles. The Morgan fingerprint density at radius 2 is 1.46 bits per heavy atom. The summed E-state index contributed by atoms with van der Waals surface area (Å²) in [6.45, 7) is 6.44. The van der Waals surface area contributed by atoms with Crippen molar-refractivity contribution < 1.29 is 18.6 Å². The van der Waals surface area contributed by atoms with Crippen LogP contribution in [0.4, 0.5) is 4.39 Å². The van der Waals surface area contributed by atoms with Crippen LogP contribution < -0.4 is 14.2 Å². The lowest BCUT2D eigenvalue weighted by Gasteiger charge is -2.32. The predicted molar refractivity (Wildman–Crippen MR) is 164 cm³/mol. The molecule has 210 valence electrons. The molecular formula is C34H33FN2O3S. The summed E-state index contributed by atoms with van der Waals surface area (Å²) < 4.78 is 33.3. The van der Waals surface area contributed by atoms with Crippen LogP contribution >= 0.6 is 11.3 Å². The molecule has 1 aromatic heterocycles. The van der Waals surface area contributed by atoms with E-state index in [9.17, 15) is 4.39 Å². The second kappa shape index (κ2) is 12.7. The smallest absolute Gasteiger partial charge is 0.153 e. The maximum atomic E-state index is 13.7. The van der Waals surface area contributed by atoms with E-state index in [-0.39, 0.29) is 5.82 Å². The number of hydrogen-bond acceptors (Lipinski definition) is 6. The third kappa shape index (κ3) is 6.88. The Balaban J connectivity index is 1.18. The monoisotopic (exact) mass is 568 g/mol. The molecule has 5 nitrogen and oxygen atoms in total. The number of ether oxygens (including phenoxy) is 3. The number of hydrogen-bond donors (Lipinski definition) is 0. The molecule has 1 aliphatic rings. The van der Waals surface area contributed by atoms with Crippen molar-refractivity contribution in [3.63, 3.8) is 0 Å². The zero-order chi connectivity index (χ0) is 28.0. The zero-order valence-corrected chi connectivity index (χ0v) is 23.9. The summed E-state index contributed by atoms with van der Waals surface area (Å²) in [6.07, 6.45) is 0. The Morgan fingerprint density at radius 1 is 0.756 bits per heavy atom. The van der Waals surface area contributed by atoms with Crippen LogP contribution in [0.3, 0.4) is 0 Å². The van der Waals surface area contributed by atoms with Crippen molar-refractivity contribution in [3.8, 4) is 33.4 Å². The molecule has 0 aliphatic carbocycles. The van der Waals surface area contributed by atoms with Crippen LogP contribution in [0.2, 0.25) is 0 Å². The van der Waals surface area contributed by atoms with E-state index in [1.54, 1.807) is 23.5 Å². The number of fused-ring (bicyclic) bond motifs is 1. The topological polar surface area (TPSA) is 34.2 Å². The highest BCUT2D eigenvalue weighted by Crippen LogP contribution is 2.47. The summed E-state index contributed by atoms with van der Waals surface area (Å²) in [7, 11) is 2.16. The minimum Gasteiger partial charge on any atom is -0.492 e. The number of benzene rings is 4. The minimum atomic E-state index is -0.267. The summed E-state index contributed by atoms with van der Waals surface area (Å²) in [4.78, 5) is 5.73. The standard InChI is InChI=1S/C34H33FN2O3S/c1-36-17-19-37(20-18-36)21-22-38-28-11-13-29(14-12-28)40-33-31-16-15-30(39-24-25-5-3-2-4-6-25)23-32(31)41-34(33)26-7-9-27(35)10-8-26/h2-16,23H,17-22,24H2,1H3. The fraction of sp³-hybridized carbons (Fsp3) is 0.235. The van der Waals surface area contributed by atoms with Crippen molar-refractivity contribution in [1.82, 2.24) is 9.80 Å². The van der Waals surface area contributed by atoms with Crippen LogP contribution in [0, 0.1) is 5.82 Å². The largest absolute Gasteiger partial charge is 0.492 e. The normalized spacial score (nSPS) is 14.3. The molecular weight excluding hydrogens is 535 g/mol. The summed E-state index contributed by atoms with van der Waals surface area (Å²) in [5.74, 6) is 2.80. The third-order valence-electron chi connectivity index (χ3n) is 7.29. The molecule has 4 aromatic carbocycles. The van der Waals surface area contributed by atoms with Gasteiger partial charge in [-0.15, -0.1) is 11.3 Å². The third-order valence-corrected chi connectivity index (χ3v) is 8.47. The Morgan fingerprint density at radius 3 is 2.22 bits per heavy atom. The van der Waals surface area contributed by atoms with Crippen molar-refractivity contribution >= 4 is 21.4 Å². The quantitative estimate of drug-likeness (QED) is 0.172. The zero-order valence-electron chi connectivity index (χ0n) is 23.1.